The minimum atomic E-state index is -1.17. The molecule has 4 atom stereocenters. The SMILES string of the molecule is CCOC(=O)c1cccc(N2C(=O)[C@@H]3[C@@H](C2=O)[C@@]2(CO)C=C[C@@]3(C)O2)c1. The van der Waals surface area contributed by atoms with Gasteiger partial charge in [-0.1, -0.05) is 18.2 Å². The van der Waals surface area contributed by atoms with Gasteiger partial charge in [0.2, 0.25) is 11.8 Å². The van der Waals surface area contributed by atoms with Gasteiger partial charge in [0, 0.05) is 0 Å². The highest BCUT2D eigenvalue weighted by atomic mass is 16.5. The van der Waals surface area contributed by atoms with E-state index >= 15 is 0 Å². The third-order valence-corrected chi connectivity index (χ3v) is 5.42. The molecule has 4 rings (SSSR count). The first-order chi connectivity index (χ1) is 12.4. The minimum Gasteiger partial charge on any atom is -0.462 e. The van der Waals surface area contributed by atoms with E-state index in [1.165, 1.54) is 6.07 Å². The van der Waals surface area contributed by atoms with Crippen LogP contribution in [0.3, 0.4) is 0 Å². The van der Waals surface area contributed by atoms with Gasteiger partial charge < -0.3 is 14.6 Å². The normalized spacial score (nSPS) is 34.5. The van der Waals surface area contributed by atoms with Crippen LogP contribution in [0.15, 0.2) is 36.4 Å². The van der Waals surface area contributed by atoms with Crippen molar-refractivity contribution >= 4 is 23.5 Å². The van der Waals surface area contributed by atoms with Gasteiger partial charge >= 0.3 is 5.97 Å². The Labute approximate surface area is 150 Å². The summed E-state index contributed by atoms with van der Waals surface area (Å²) in [7, 11) is 0. The van der Waals surface area contributed by atoms with Crippen LogP contribution in [0.5, 0.6) is 0 Å². The molecule has 7 heteroatoms. The molecule has 0 aromatic heterocycles. The number of hydrogen-bond donors (Lipinski definition) is 1. The Morgan fingerprint density at radius 1 is 1.27 bits per heavy atom. The van der Waals surface area contributed by atoms with E-state index in [0.29, 0.717) is 5.69 Å². The highest BCUT2D eigenvalue weighted by Gasteiger charge is 2.72. The lowest BCUT2D eigenvalue weighted by molar-refractivity contribution is -0.131. The number of amides is 2. The first kappa shape index (κ1) is 16.9. The van der Waals surface area contributed by atoms with E-state index in [-0.39, 0.29) is 24.7 Å². The molecule has 3 aliphatic rings. The van der Waals surface area contributed by atoms with Crippen molar-refractivity contribution in [3.63, 3.8) is 0 Å². The van der Waals surface area contributed by atoms with Crippen LogP contribution in [0.1, 0.15) is 24.2 Å². The lowest BCUT2D eigenvalue weighted by Crippen LogP contribution is -2.43. The molecule has 2 saturated heterocycles. The molecule has 26 heavy (non-hydrogen) atoms. The maximum atomic E-state index is 13.1. The Morgan fingerprint density at radius 3 is 2.69 bits per heavy atom. The Bertz CT molecular complexity index is 848. The van der Waals surface area contributed by atoms with Gasteiger partial charge in [0.05, 0.1) is 41.9 Å². The van der Waals surface area contributed by atoms with Gasteiger partial charge in [0.1, 0.15) is 5.60 Å². The third kappa shape index (κ3) is 2.04. The number of fused-ring (bicyclic) bond motifs is 5. The number of esters is 1. The van der Waals surface area contributed by atoms with Crippen LogP contribution in [-0.2, 0) is 19.1 Å². The van der Waals surface area contributed by atoms with Crippen LogP contribution in [0.4, 0.5) is 5.69 Å². The number of carbonyl (C=O) groups is 3. The van der Waals surface area contributed by atoms with E-state index < -0.39 is 34.9 Å². The Morgan fingerprint density at radius 2 is 2.00 bits per heavy atom. The van der Waals surface area contributed by atoms with Crippen LogP contribution in [0.25, 0.3) is 0 Å². The summed E-state index contributed by atoms with van der Waals surface area (Å²) in [5.41, 5.74) is -1.51. The van der Waals surface area contributed by atoms with Gasteiger partial charge in [-0.2, -0.15) is 0 Å². The average molecular weight is 357 g/mol. The summed E-state index contributed by atoms with van der Waals surface area (Å²) >= 11 is 0. The van der Waals surface area contributed by atoms with Crippen LogP contribution < -0.4 is 4.90 Å². The van der Waals surface area contributed by atoms with Crippen molar-refractivity contribution in [1.29, 1.82) is 0 Å². The molecular formula is C19H19NO6. The highest BCUT2D eigenvalue weighted by Crippen LogP contribution is 2.57. The number of carbonyl (C=O) groups excluding carboxylic acids is 3. The number of imide groups is 1. The Hall–Kier alpha value is -2.51. The molecule has 0 spiro atoms. The molecule has 0 aliphatic carbocycles. The fraction of sp³-hybridized carbons (Fsp3) is 0.421. The predicted molar refractivity (Wildman–Crippen MR) is 90.3 cm³/mol. The maximum Gasteiger partial charge on any atom is 0.338 e. The zero-order chi connectivity index (χ0) is 18.7. The second kappa shape index (κ2) is 5.49. The van der Waals surface area contributed by atoms with Crippen LogP contribution >= 0.6 is 0 Å². The summed E-state index contributed by atoms with van der Waals surface area (Å²) < 4.78 is 10.9. The molecule has 1 N–H and O–H groups in total. The van der Waals surface area contributed by atoms with Gasteiger partial charge in [0.25, 0.3) is 0 Å². The van der Waals surface area contributed by atoms with Crippen molar-refractivity contribution in [2.24, 2.45) is 11.8 Å². The quantitative estimate of drug-likeness (QED) is 0.492. The van der Waals surface area contributed by atoms with E-state index in [4.69, 9.17) is 9.47 Å². The molecule has 136 valence electrons. The monoisotopic (exact) mass is 357 g/mol. The smallest absolute Gasteiger partial charge is 0.338 e. The lowest BCUT2D eigenvalue weighted by atomic mass is 9.73. The number of hydrogen-bond acceptors (Lipinski definition) is 6. The largest absolute Gasteiger partial charge is 0.462 e. The number of aliphatic hydroxyl groups excluding tert-OH is 1. The van der Waals surface area contributed by atoms with Crippen molar-refractivity contribution in [3.8, 4) is 0 Å². The first-order valence-electron chi connectivity index (χ1n) is 8.53. The molecule has 3 aliphatic heterocycles. The Kier molecular flexibility index (Phi) is 3.58. The first-order valence-corrected chi connectivity index (χ1v) is 8.53. The third-order valence-electron chi connectivity index (χ3n) is 5.42. The van der Waals surface area contributed by atoms with Crippen molar-refractivity contribution in [2.75, 3.05) is 18.1 Å². The summed E-state index contributed by atoms with van der Waals surface area (Å²) in [6.45, 7) is 3.30. The summed E-state index contributed by atoms with van der Waals surface area (Å²) in [6.07, 6.45) is 3.42. The molecule has 0 radical (unpaired) electrons. The average Bonchev–Trinajstić information content (AvgIpc) is 3.21. The molecule has 2 bridgehead atoms. The molecule has 3 heterocycles. The number of ether oxygens (including phenoxy) is 2. The molecular weight excluding hydrogens is 338 g/mol. The van der Waals surface area contributed by atoms with Crippen molar-refractivity contribution in [2.45, 2.75) is 25.0 Å². The topological polar surface area (TPSA) is 93.1 Å². The molecule has 1 aromatic rings. The summed E-state index contributed by atoms with van der Waals surface area (Å²) in [6, 6.07) is 6.24. The number of benzene rings is 1. The number of aliphatic hydroxyl groups is 1. The fourth-order valence-electron chi connectivity index (χ4n) is 4.28. The van der Waals surface area contributed by atoms with Gasteiger partial charge in [-0.25, -0.2) is 9.69 Å². The van der Waals surface area contributed by atoms with Crippen molar-refractivity contribution < 1.29 is 29.0 Å². The van der Waals surface area contributed by atoms with E-state index in [9.17, 15) is 19.5 Å². The molecule has 1 aromatic carbocycles. The minimum absolute atomic E-state index is 0.231. The second-order valence-electron chi connectivity index (χ2n) is 6.97. The van der Waals surface area contributed by atoms with Gasteiger partial charge in [0.15, 0.2) is 0 Å². The van der Waals surface area contributed by atoms with Crippen LogP contribution in [-0.4, -0.2) is 47.3 Å². The summed E-state index contributed by atoms with van der Waals surface area (Å²) in [5, 5.41) is 9.82. The standard InChI is InChI=1S/C19H19NO6/c1-3-25-17(24)11-5-4-6-12(9-11)20-15(22)13-14(16(20)23)19(10-21)8-7-18(13,2)26-19/h4-9,13-14,21H,3,10H2,1-2H3/t13-,14-,18+,19-/m0/s1. The predicted octanol–water partition coefficient (Wildman–Crippen LogP) is 1.06. The van der Waals surface area contributed by atoms with E-state index in [2.05, 4.69) is 0 Å². The second-order valence-corrected chi connectivity index (χ2v) is 6.97. The molecule has 0 saturated carbocycles. The van der Waals surface area contributed by atoms with E-state index in [1.54, 1.807) is 44.2 Å². The van der Waals surface area contributed by atoms with Crippen LogP contribution in [0.2, 0.25) is 0 Å². The number of rotatable bonds is 4. The highest BCUT2D eigenvalue weighted by molar-refractivity contribution is 6.23. The summed E-state index contributed by atoms with van der Waals surface area (Å²) in [4.78, 5) is 39.2. The van der Waals surface area contributed by atoms with Crippen LogP contribution in [0, 0.1) is 11.8 Å². The van der Waals surface area contributed by atoms with Gasteiger partial charge in [-0.3, -0.25) is 9.59 Å². The molecule has 2 amide bonds. The van der Waals surface area contributed by atoms with Crippen molar-refractivity contribution in [3.05, 3.63) is 42.0 Å². The Balaban J connectivity index is 1.73. The number of anilines is 1. The molecule has 7 nitrogen and oxygen atoms in total. The lowest BCUT2D eigenvalue weighted by Gasteiger charge is -2.27. The number of nitrogens with zero attached hydrogens (tertiary/aromatic N) is 1. The zero-order valence-corrected chi connectivity index (χ0v) is 14.5. The zero-order valence-electron chi connectivity index (χ0n) is 14.5. The maximum absolute atomic E-state index is 13.1. The summed E-state index contributed by atoms with van der Waals surface area (Å²) in [5.74, 6) is -2.80. The van der Waals surface area contributed by atoms with Crippen molar-refractivity contribution in [1.82, 2.24) is 0 Å². The molecule has 2 fully saturated rings. The van der Waals surface area contributed by atoms with Gasteiger partial charge in [-0.15, -0.1) is 0 Å². The van der Waals surface area contributed by atoms with E-state index in [0.717, 1.165) is 4.90 Å². The van der Waals surface area contributed by atoms with Gasteiger partial charge in [-0.05, 0) is 32.0 Å². The van der Waals surface area contributed by atoms with E-state index in [1.807, 2.05) is 0 Å². The molecule has 0 unspecified atom stereocenters. The fourth-order valence-corrected chi connectivity index (χ4v) is 4.28.